The molecule has 0 atom stereocenters. The minimum atomic E-state index is -2.07. The number of aliphatic carboxylic acids is 2. The summed E-state index contributed by atoms with van der Waals surface area (Å²) in [5.41, 5.74) is 0. The molecule has 1 aliphatic carbocycles. The number of carbonyl (C=O) groups excluding carboxylic acids is 2. The third-order valence-electron chi connectivity index (χ3n) is 4.21. The first kappa shape index (κ1) is 19.6. The van der Waals surface area contributed by atoms with Crippen LogP contribution in [0.15, 0.2) is 24.4 Å². The highest BCUT2D eigenvalue weighted by atomic mass is 16.4. The molecule has 2 aliphatic rings. The normalized spacial score (nSPS) is 17.0. The van der Waals surface area contributed by atoms with E-state index in [0.717, 1.165) is 39.0 Å². The summed E-state index contributed by atoms with van der Waals surface area (Å²) in [5.74, 6) is -2.58. The van der Waals surface area contributed by atoms with Gasteiger partial charge in [0.1, 0.15) is 0 Å². The van der Waals surface area contributed by atoms with Crippen molar-refractivity contribution < 1.29 is 29.2 Å². The lowest BCUT2D eigenvalue weighted by molar-refractivity contribution is -0.659. The number of anilines is 1. The average molecular weight is 364 g/mol. The molecule has 2 N–H and O–H groups in total. The number of aromatic nitrogens is 1. The monoisotopic (exact) mass is 364 g/mol. The molecule has 1 saturated heterocycles. The fraction of sp³-hybridized carbons (Fsp3) is 0.529. The third-order valence-corrected chi connectivity index (χ3v) is 4.21. The Bertz CT molecular complexity index is 642. The first-order valence-corrected chi connectivity index (χ1v) is 8.52. The number of pyridine rings is 1. The van der Waals surface area contributed by atoms with Gasteiger partial charge in [0.05, 0.1) is 32.9 Å². The number of amides is 1. The highest BCUT2D eigenvalue weighted by Gasteiger charge is 2.27. The smallest absolute Gasteiger partial charge is 0.351 e. The van der Waals surface area contributed by atoms with Crippen molar-refractivity contribution in [1.29, 1.82) is 0 Å². The Morgan fingerprint density at radius 1 is 1.23 bits per heavy atom. The Morgan fingerprint density at radius 2 is 1.85 bits per heavy atom. The van der Waals surface area contributed by atoms with Crippen LogP contribution in [0, 0.1) is 0 Å². The number of carbonyl (C=O) groups is 3. The van der Waals surface area contributed by atoms with Crippen molar-refractivity contribution in [3.05, 3.63) is 24.4 Å². The number of hydrogen-bond donors (Lipinski definition) is 2. The van der Waals surface area contributed by atoms with Gasteiger partial charge < -0.3 is 20.3 Å². The van der Waals surface area contributed by atoms with Crippen LogP contribution >= 0.6 is 0 Å². The predicted molar refractivity (Wildman–Crippen MR) is 90.1 cm³/mol. The minimum Gasteiger partial charge on any atom is -0.539 e. The van der Waals surface area contributed by atoms with Crippen molar-refractivity contribution in [2.75, 3.05) is 37.6 Å². The van der Waals surface area contributed by atoms with Crippen molar-refractivity contribution in [2.45, 2.75) is 18.9 Å². The molecule has 1 saturated carbocycles. The van der Waals surface area contributed by atoms with Gasteiger partial charge in [-0.25, -0.2) is 9.36 Å². The zero-order valence-electron chi connectivity index (χ0n) is 14.8. The van der Waals surface area contributed by atoms with Crippen LogP contribution in [0.5, 0.6) is 0 Å². The molecule has 0 aromatic carbocycles. The average Bonchev–Trinajstić information content (AvgIpc) is 3.40. The first-order valence-electron chi connectivity index (χ1n) is 8.52. The summed E-state index contributed by atoms with van der Waals surface area (Å²) < 4.78 is 2.15. The number of hydrogen-bond acceptors (Lipinski definition) is 6. The van der Waals surface area contributed by atoms with Crippen LogP contribution in [0.4, 0.5) is 5.82 Å². The van der Waals surface area contributed by atoms with Gasteiger partial charge in [-0.05, 0) is 18.9 Å². The number of rotatable bonds is 4. The van der Waals surface area contributed by atoms with Crippen LogP contribution in [0.2, 0.25) is 0 Å². The molecule has 2 fully saturated rings. The maximum atomic E-state index is 11.8. The molecule has 142 valence electrons. The molecule has 1 amide bonds. The topological polar surface area (TPSA) is 117 Å². The van der Waals surface area contributed by atoms with Gasteiger partial charge in [0.25, 0.3) is 5.82 Å². The van der Waals surface area contributed by atoms with Gasteiger partial charge in [0, 0.05) is 25.2 Å². The summed E-state index contributed by atoms with van der Waals surface area (Å²) in [5, 5.41) is 19.4. The molecule has 0 unspecified atom stereocenters. The Balaban J connectivity index is 0.000000352. The molecule has 0 spiro atoms. The van der Waals surface area contributed by atoms with Crippen LogP contribution in [-0.2, 0) is 21.4 Å². The van der Waals surface area contributed by atoms with Crippen molar-refractivity contribution in [3.63, 3.8) is 0 Å². The largest absolute Gasteiger partial charge is 0.539 e. The fourth-order valence-electron chi connectivity index (χ4n) is 2.68. The van der Waals surface area contributed by atoms with E-state index in [2.05, 4.69) is 45.1 Å². The quantitative estimate of drug-likeness (QED) is 0.457. The lowest BCUT2D eigenvalue weighted by atomic mass is 10.3. The van der Waals surface area contributed by atoms with E-state index < -0.39 is 11.9 Å². The molecule has 3 rings (SSSR count). The number of nitrogens with one attached hydrogen (secondary N) is 1. The van der Waals surface area contributed by atoms with Gasteiger partial charge in [-0.2, -0.15) is 0 Å². The van der Waals surface area contributed by atoms with Gasteiger partial charge in [-0.15, -0.1) is 0 Å². The van der Waals surface area contributed by atoms with E-state index in [-0.39, 0.29) is 5.91 Å². The zero-order chi connectivity index (χ0) is 19.1. The molecule has 9 heteroatoms. The Hall–Kier alpha value is -2.68. The molecule has 9 nitrogen and oxygen atoms in total. The lowest BCUT2D eigenvalue weighted by Crippen LogP contribution is -2.52. The predicted octanol–water partition coefficient (Wildman–Crippen LogP) is -2.27. The molecule has 0 bridgehead atoms. The van der Waals surface area contributed by atoms with E-state index in [1.807, 2.05) is 6.07 Å². The van der Waals surface area contributed by atoms with E-state index >= 15 is 0 Å². The number of carboxylic acid groups (broad SMARTS) is 2. The SMILES string of the molecule is C[n+]1ccccc1N1CCN(CC(=O)NC2CC2)CC1.O=C([O-])C(=O)O. The first-order chi connectivity index (χ1) is 12.4. The van der Waals surface area contributed by atoms with E-state index in [4.69, 9.17) is 19.8 Å². The molecular formula is C17H24N4O5. The number of piperazine rings is 1. The van der Waals surface area contributed by atoms with E-state index in [0.29, 0.717) is 12.6 Å². The van der Waals surface area contributed by atoms with Crippen LogP contribution in [0.25, 0.3) is 0 Å². The van der Waals surface area contributed by atoms with Crippen molar-refractivity contribution >= 4 is 23.7 Å². The fourth-order valence-corrected chi connectivity index (χ4v) is 2.68. The van der Waals surface area contributed by atoms with Crippen LogP contribution in [0.3, 0.4) is 0 Å². The summed E-state index contributed by atoms with van der Waals surface area (Å²) in [7, 11) is 2.07. The summed E-state index contributed by atoms with van der Waals surface area (Å²) in [6.45, 7) is 4.41. The van der Waals surface area contributed by atoms with E-state index in [1.165, 1.54) is 5.82 Å². The second-order valence-electron chi connectivity index (χ2n) is 6.37. The second kappa shape index (κ2) is 9.14. The molecule has 1 aliphatic heterocycles. The van der Waals surface area contributed by atoms with Crippen LogP contribution < -0.4 is 19.9 Å². The van der Waals surface area contributed by atoms with Gasteiger partial charge >= 0.3 is 5.97 Å². The van der Waals surface area contributed by atoms with Crippen molar-refractivity contribution in [3.8, 4) is 0 Å². The molecule has 1 aromatic heterocycles. The second-order valence-corrected chi connectivity index (χ2v) is 6.37. The van der Waals surface area contributed by atoms with Crippen molar-refractivity contribution in [2.24, 2.45) is 7.05 Å². The standard InChI is InChI=1S/C15H22N4O.C2H2O4/c1-17-7-3-2-4-15(17)19-10-8-18(9-11-19)12-14(20)16-13-5-6-13;3-1(4)2(5)6/h2-4,7,13H,5-6,8-12H2,1H3;(H,3,4)(H,5,6). The highest BCUT2D eigenvalue weighted by Crippen LogP contribution is 2.18. The maximum Gasteiger partial charge on any atom is 0.351 e. The summed E-state index contributed by atoms with van der Waals surface area (Å²) in [6.07, 6.45) is 4.39. The molecule has 0 radical (unpaired) electrons. The van der Waals surface area contributed by atoms with E-state index in [1.54, 1.807) is 0 Å². The number of nitrogens with zero attached hydrogens (tertiary/aromatic N) is 3. The van der Waals surface area contributed by atoms with Gasteiger partial charge in [0.2, 0.25) is 5.91 Å². The van der Waals surface area contributed by atoms with Gasteiger partial charge in [-0.3, -0.25) is 14.6 Å². The molecule has 1 aromatic rings. The van der Waals surface area contributed by atoms with Gasteiger partial charge in [0.15, 0.2) is 5.97 Å². The van der Waals surface area contributed by atoms with Gasteiger partial charge in [-0.1, -0.05) is 6.07 Å². The summed E-state index contributed by atoms with van der Waals surface area (Å²) >= 11 is 0. The number of aryl methyl sites for hydroxylation is 1. The third kappa shape index (κ3) is 6.32. The van der Waals surface area contributed by atoms with Crippen LogP contribution in [0.1, 0.15) is 12.8 Å². The molecule has 2 heterocycles. The Morgan fingerprint density at radius 3 is 2.35 bits per heavy atom. The lowest BCUT2D eigenvalue weighted by Gasteiger charge is -2.31. The Labute approximate surface area is 151 Å². The summed E-state index contributed by atoms with van der Waals surface area (Å²) in [4.78, 5) is 34.5. The minimum absolute atomic E-state index is 0.186. The molecular weight excluding hydrogens is 340 g/mol. The summed E-state index contributed by atoms with van der Waals surface area (Å²) in [6, 6.07) is 6.73. The maximum absolute atomic E-state index is 11.8. The number of carboxylic acids is 2. The van der Waals surface area contributed by atoms with Crippen LogP contribution in [-0.4, -0.2) is 66.6 Å². The highest BCUT2D eigenvalue weighted by molar-refractivity contribution is 6.26. The van der Waals surface area contributed by atoms with Crippen molar-refractivity contribution in [1.82, 2.24) is 10.2 Å². The zero-order valence-corrected chi connectivity index (χ0v) is 14.8. The van der Waals surface area contributed by atoms with E-state index in [9.17, 15) is 4.79 Å². The molecule has 26 heavy (non-hydrogen) atoms. The Kier molecular flexibility index (Phi) is 6.90.